The number of halogens is 3. The molecular formula is C3H2Cl3OS. The number of hydrogen-bond donors (Lipinski definition) is 0. The van der Waals surface area contributed by atoms with Gasteiger partial charge in [0.05, 0.1) is 6.42 Å². The maximum Gasteiger partial charge on any atom is 0.222 e. The first-order chi connectivity index (χ1) is 3.42. The van der Waals surface area contributed by atoms with Crippen molar-refractivity contribution >= 4 is 52.5 Å². The first-order valence-electron chi connectivity index (χ1n) is 1.68. The van der Waals surface area contributed by atoms with Gasteiger partial charge in [-0.3, -0.25) is 4.79 Å². The molecule has 0 aliphatic heterocycles. The maximum atomic E-state index is 10.0. The highest BCUT2D eigenvalue weighted by atomic mass is 35.6. The lowest BCUT2D eigenvalue weighted by Crippen LogP contribution is -2.05. The molecule has 0 amide bonds. The van der Waals surface area contributed by atoms with Gasteiger partial charge in [-0.05, 0) is 12.6 Å². The monoisotopic (exact) mass is 191 g/mol. The predicted molar refractivity (Wildman–Crippen MR) is 37.5 cm³/mol. The van der Waals surface area contributed by atoms with Crippen LogP contribution >= 0.6 is 47.4 Å². The van der Waals surface area contributed by atoms with Crippen molar-refractivity contribution in [2.45, 2.75) is 10.2 Å². The van der Waals surface area contributed by atoms with Crippen LogP contribution in [0.15, 0.2) is 0 Å². The van der Waals surface area contributed by atoms with Crippen molar-refractivity contribution in [2.24, 2.45) is 0 Å². The molecule has 0 unspecified atom stereocenters. The van der Waals surface area contributed by atoms with E-state index in [-0.39, 0.29) is 6.42 Å². The summed E-state index contributed by atoms with van der Waals surface area (Å²) in [6.45, 7) is 0. The second-order valence-electron chi connectivity index (χ2n) is 1.16. The van der Waals surface area contributed by atoms with Gasteiger partial charge in [-0.15, -0.1) is 0 Å². The smallest absolute Gasteiger partial charge is 0.222 e. The van der Waals surface area contributed by atoms with Gasteiger partial charge in [-0.1, -0.05) is 34.8 Å². The highest BCUT2D eigenvalue weighted by Gasteiger charge is 2.22. The summed E-state index contributed by atoms with van der Waals surface area (Å²) in [6.07, 6.45) is -0.201. The minimum absolute atomic E-state index is 0.201. The van der Waals surface area contributed by atoms with Crippen molar-refractivity contribution in [3.05, 3.63) is 0 Å². The number of alkyl halides is 3. The zero-order valence-electron chi connectivity index (χ0n) is 3.66. The molecule has 5 heteroatoms. The average molecular weight is 192 g/mol. The largest absolute Gasteiger partial charge is 0.282 e. The van der Waals surface area contributed by atoms with Crippen molar-refractivity contribution in [2.75, 3.05) is 0 Å². The fourth-order valence-electron chi connectivity index (χ4n) is 0.164. The third-order valence-electron chi connectivity index (χ3n) is 0.345. The molecule has 0 saturated carbocycles. The summed E-state index contributed by atoms with van der Waals surface area (Å²) in [7, 11) is 0. The lowest BCUT2D eigenvalue weighted by molar-refractivity contribution is -0.110. The third-order valence-corrected chi connectivity index (χ3v) is 0.890. The number of carbonyl (C=O) groups excluding carboxylic acids is 1. The topological polar surface area (TPSA) is 17.1 Å². The van der Waals surface area contributed by atoms with Crippen LogP contribution in [0.3, 0.4) is 0 Å². The van der Waals surface area contributed by atoms with Crippen LogP contribution in [-0.2, 0) is 4.79 Å². The normalized spacial score (nSPS) is 11.4. The summed E-state index contributed by atoms with van der Waals surface area (Å²) in [6, 6.07) is 0. The molecule has 0 bridgehead atoms. The summed E-state index contributed by atoms with van der Waals surface area (Å²) >= 11 is 19.6. The molecular weight excluding hydrogens is 190 g/mol. The molecule has 0 rings (SSSR count). The van der Waals surface area contributed by atoms with Gasteiger partial charge in [0.2, 0.25) is 5.12 Å². The van der Waals surface area contributed by atoms with E-state index in [1.165, 1.54) is 0 Å². The lowest BCUT2D eigenvalue weighted by atomic mass is 10.5. The van der Waals surface area contributed by atoms with E-state index < -0.39 is 8.91 Å². The van der Waals surface area contributed by atoms with Crippen LogP contribution in [0.2, 0.25) is 0 Å². The van der Waals surface area contributed by atoms with E-state index in [1.807, 2.05) is 0 Å². The van der Waals surface area contributed by atoms with Gasteiger partial charge in [0.1, 0.15) is 0 Å². The molecule has 0 aromatic rings. The minimum Gasteiger partial charge on any atom is -0.282 e. The summed E-state index contributed by atoms with van der Waals surface area (Å²) in [5.74, 6) is 0. The summed E-state index contributed by atoms with van der Waals surface area (Å²) in [5, 5.41) is -0.537. The first-order valence-corrected chi connectivity index (χ1v) is 3.22. The Labute approximate surface area is 67.7 Å². The quantitative estimate of drug-likeness (QED) is 0.583. The molecule has 1 radical (unpaired) electrons. The molecule has 0 atom stereocenters. The number of hydrogen-bond acceptors (Lipinski definition) is 1. The number of carbonyl (C=O) groups is 1. The van der Waals surface area contributed by atoms with Crippen LogP contribution in [0.1, 0.15) is 6.42 Å². The zero-order chi connectivity index (χ0) is 6.78. The van der Waals surface area contributed by atoms with Crippen molar-refractivity contribution in [3.8, 4) is 0 Å². The average Bonchev–Trinajstić information content (AvgIpc) is 1.21. The molecule has 0 N–H and O–H groups in total. The van der Waals surface area contributed by atoms with Gasteiger partial charge in [-0.25, -0.2) is 0 Å². The Morgan fingerprint density at radius 3 is 1.88 bits per heavy atom. The molecule has 1 nitrogen and oxygen atoms in total. The van der Waals surface area contributed by atoms with Crippen molar-refractivity contribution in [1.82, 2.24) is 0 Å². The van der Waals surface area contributed by atoms with Gasteiger partial charge < -0.3 is 0 Å². The Hall–Kier alpha value is 0.760. The van der Waals surface area contributed by atoms with Crippen molar-refractivity contribution < 1.29 is 4.79 Å². The van der Waals surface area contributed by atoms with E-state index in [0.29, 0.717) is 0 Å². The Balaban J connectivity index is 3.55. The SMILES string of the molecule is O=C([S])CC(Cl)(Cl)Cl. The van der Waals surface area contributed by atoms with E-state index in [4.69, 9.17) is 34.8 Å². The Kier molecular flexibility index (Phi) is 3.35. The van der Waals surface area contributed by atoms with Crippen molar-refractivity contribution in [3.63, 3.8) is 0 Å². The van der Waals surface area contributed by atoms with E-state index >= 15 is 0 Å². The highest BCUT2D eigenvalue weighted by molar-refractivity contribution is 7.96. The molecule has 0 aromatic heterocycles. The van der Waals surface area contributed by atoms with Gasteiger partial charge in [0, 0.05) is 0 Å². The van der Waals surface area contributed by atoms with Crippen LogP contribution < -0.4 is 0 Å². The highest BCUT2D eigenvalue weighted by Crippen LogP contribution is 2.30. The Morgan fingerprint density at radius 2 is 1.88 bits per heavy atom. The van der Waals surface area contributed by atoms with E-state index in [2.05, 4.69) is 12.6 Å². The first kappa shape index (κ1) is 8.76. The second-order valence-corrected chi connectivity index (χ2v) is 4.14. The second kappa shape index (κ2) is 3.06. The molecule has 0 aromatic carbocycles. The van der Waals surface area contributed by atoms with E-state index in [9.17, 15) is 4.79 Å². The van der Waals surface area contributed by atoms with Crippen LogP contribution in [0.25, 0.3) is 0 Å². The molecule has 8 heavy (non-hydrogen) atoms. The molecule has 0 spiro atoms. The van der Waals surface area contributed by atoms with Crippen LogP contribution in [0, 0.1) is 0 Å². The fraction of sp³-hybridized carbons (Fsp3) is 0.667. The molecule has 0 saturated heterocycles. The third kappa shape index (κ3) is 6.76. The van der Waals surface area contributed by atoms with Crippen LogP contribution in [0.5, 0.6) is 0 Å². The van der Waals surface area contributed by atoms with E-state index in [0.717, 1.165) is 0 Å². The van der Waals surface area contributed by atoms with Gasteiger partial charge in [0.25, 0.3) is 0 Å². The minimum atomic E-state index is -1.52. The summed E-state index contributed by atoms with van der Waals surface area (Å²) < 4.78 is -1.52. The van der Waals surface area contributed by atoms with Gasteiger partial charge >= 0.3 is 0 Å². The predicted octanol–water partition coefficient (Wildman–Crippen LogP) is 2.47. The maximum absolute atomic E-state index is 10.0. The Bertz CT molecular complexity index is 97.2. The molecule has 0 heterocycles. The van der Waals surface area contributed by atoms with Crippen molar-refractivity contribution in [1.29, 1.82) is 0 Å². The summed E-state index contributed by atoms with van der Waals surface area (Å²) in [5.41, 5.74) is 0. The molecule has 0 aliphatic carbocycles. The van der Waals surface area contributed by atoms with E-state index in [1.54, 1.807) is 0 Å². The summed E-state index contributed by atoms with van der Waals surface area (Å²) in [4.78, 5) is 10.0. The Morgan fingerprint density at radius 1 is 1.50 bits per heavy atom. The lowest BCUT2D eigenvalue weighted by Gasteiger charge is -2.04. The van der Waals surface area contributed by atoms with Crippen LogP contribution in [0.4, 0.5) is 0 Å². The number of rotatable bonds is 1. The molecule has 0 fully saturated rings. The molecule has 47 valence electrons. The standard InChI is InChI=1S/C3H2Cl3OS/c4-3(5,6)1-2(7)8/h1H2. The van der Waals surface area contributed by atoms with Gasteiger partial charge in [-0.2, -0.15) is 0 Å². The van der Waals surface area contributed by atoms with Gasteiger partial charge in [0.15, 0.2) is 3.79 Å². The molecule has 0 aliphatic rings. The fourth-order valence-corrected chi connectivity index (χ4v) is 0.982. The zero-order valence-corrected chi connectivity index (χ0v) is 6.74. The van der Waals surface area contributed by atoms with Crippen LogP contribution in [-0.4, -0.2) is 8.91 Å².